The number of anilines is 1. The Kier molecular flexibility index (Phi) is 5.56. The molecule has 0 bridgehead atoms. The van der Waals surface area contributed by atoms with Crippen LogP contribution >= 0.6 is 11.6 Å². The molecule has 0 saturated heterocycles. The first-order valence-corrected chi connectivity index (χ1v) is 8.73. The largest absolute Gasteiger partial charge is 0.331 e. The van der Waals surface area contributed by atoms with Crippen LogP contribution in [-0.2, 0) is 0 Å². The van der Waals surface area contributed by atoms with Crippen LogP contribution < -0.4 is 16.2 Å². The van der Waals surface area contributed by atoms with E-state index in [1.54, 1.807) is 0 Å². The lowest BCUT2D eigenvalue weighted by atomic mass is 9.91. The second-order valence-corrected chi connectivity index (χ2v) is 6.73. The quantitative estimate of drug-likeness (QED) is 0.688. The molecule has 1 fully saturated rings. The Morgan fingerprint density at radius 1 is 1.19 bits per heavy atom. The topological polar surface area (TPSA) is 74.0 Å². The molecule has 0 unspecified atom stereocenters. The van der Waals surface area contributed by atoms with E-state index < -0.39 is 23.7 Å². The van der Waals surface area contributed by atoms with E-state index in [0.29, 0.717) is 5.69 Å². The fraction of sp³-hybridized carbons (Fsp3) is 0.333. The summed E-state index contributed by atoms with van der Waals surface area (Å²) in [6.07, 6.45) is 4.74. The molecule has 1 atom stereocenters. The monoisotopic (exact) mass is 381 g/mol. The van der Waals surface area contributed by atoms with Gasteiger partial charge in [0.25, 0.3) is 0 Å². The highest BCUT2D eigenvalue weighted by Crippen LogP contribution is 2.39. The Labute approximate surface area is 153 Å². The normalized spacial score (nSPS) is 15.7. The van der Waals surface area contributed by atoms with Crippen molar-refractivity contribution in [1.29, 1.82) is 0 Å². The molecular weight excluding hydrogens is 364 g/mol. The third-order valence-electron chi connectivity index (χ3n) is 4.59. The van der Waals surface area contributed by atoms with Gasteiger partial charge in [-0.3, -0.25) is 4.79 Å². The molecule has 3 N–H and O–H groups in total. The van der Waals surface area contributed by atoms with Crippen LogP contribution in [-0.4, -0.2) is 11.0 Å². The van der Waals surface area contributed by atoms with Crippen molar-refractivity contribution in [2.45, 2.75) is 31.7 Å². The summed E-state index contributed by atoms with van der Waals surface area (Å²) in [6.45, 7) is 0. The fourth-order valence-corrected chi connectivity index (χ4v) is 3.51. The highest BCUT2D eigenvalue weighted by atomic mass is 35.5. The van der Waals surface area contributed by atoms with E-state index in [1.165, 1.54) is 18.3 Å². The van der Waals surface area contributed by atoms with Gasteiger partial charge in [-0.25, -0.2) is 13.6 Å². The van der Waals surface area contributed by atoms with Gasteiger partial charge in [0.05, 0.1) is 16.8 Å². The number of urea groups is 1. The average molecular weight is 382 g/mol. The van der Waals surface area contributed by atoms with E-state index in [2.05, 4.69) is 15.6 Å². The lowest BCUT2D eigenvalue weighted by Crippen LogP contribution is -2.37. The molecule has 0 radical (unpaired) electrons. The van der Waals surface area contributed by atoms with E-state index in [4.69, 9.17) is 11.6 Å². The van der Waals surface area contributed by atoms with Crippen LogP contribution in [0.2, 0.25) is 5.02 Å². The predicted octanol–water partition coefficient (Wildman–Crippen LogP) is 4.36. The minimum absolute atomic E-state index is 0.0844. The van der Waals surface area contributed by atoms with Crippen molar-refractivity contribution in [1.82, 2.24) is 10.3 Å². The number of pyridine rings is 1. The number of nitrogens with one attached hydrogen (secondary N) is 3. The second kappa shape index (κ2) is 7.86. The van der Waals surface area contributed by atoms with Crippen LogP contribution in [0.3, 0.4) is 0 Å². The molecule has 0 aliphatic heterocycles. The highest BCUT2D eigenvalue weighted by molar-refractivity contribution is 6.30. The SMILES string of the molecule is O=C(Nc1ccc(=O)[nH]c1)N[C@H](c1c(F)ccc(Cl)c1F)C1CCCC1. The summed E-state index contributed by atoms with van der Waals surface area (Å²) in [5.74, 6) is -1.68. The Bertz CT molecular complexity index is 846. The number of hydrogen-bond acceptors (Lipinski definition) is 2. The number of benzene rings is 1. The van der Waals surface area contributed by atoms with Gasteiger partial charge in [-0.1, -0.05) is 24.4 Å². The van der Waals surface area contributed by atoms with Crippen LogP contribution in [0, 0.1) is 17.6 Å². The lowest BCUT2D eigenvalue weighted by Gasteiger charge is -2.26. The van der Waals surface area contributed by atoms with Crippen molar-refractivity contribution in [3.8, 4) is 0 Å². The standard InChI is InChI=1S/C18H18ClF2N3O2/c19-12-6-7-13(20)15(16(12)21)17(10-3-1-2-4-10)24-18(26)23-11-5-8-14(25)22-9-11/h5-10,17H,1-4H2,(H,22,25)(H2,23,24,26)/t17-/m0/s1. The fourth-order valence-electron chi connectivity index (χ4n) is 3.34. The number of amides is 2. The number of rotatable bonds is 4. The molecule has 1 heterocycles. The number of hydrogen-bond donors (Lipinski definition) is 3. The van der Waals surface area contributed by atoms with Crippen molar-refractivity contribution in [3.05, 3.63) is 63.0 Å². The Morgan fingerprint density at radius 2 is 1.92 bits per heavy atom. The number of carbonyl (C=O) groups excluding carboxylic acids is 1. The van der Waals surface area contributed by atoms with Gasteiger partial charge in [0, 0.05) is 17.8 Å². The molecule has 1 saturated carbocycles. The number of H-pyrrole nitrogens is 1. The smallest absolute Gasteiger partial charge is 0.319 e. The molecule has 8 heteroatoms. The minimum atomic E-state index is -0.854. The summed E-state index contributed by atoms with van der Waals surface area (Å²) in [6, 6.07) is 3.50. The van der Waals surface area contributed by atoms with Crippen LogP contribution in [0.15, 0.2) is 35.3 Å². The molecule has 26 heavy (non-hydrogen) atoms. The van der Waals surface area contributed by atoms with E-state index >= 15 is 0 Å². The Balaban J connectivity index is 1.85. The average Bonchev–Trinajstić information content (AvgIpc) is 3.14. The van der Waals surface area contributed by atoms with Gasteiger partial charge in [-0.2, -0.15) is 0 Å². The van der Waals surface area contributed by atoms with Crippen molar-refractivity contribution < 1.29 is 13.6 Å². The molecule has 2 aromatic rings. The summed E-state index contributed by atoms with van der Waals surface area (Å²) >= 11 is 5.81. The molecule has 2 amide bonds. The Morgan fingerprint density at radius 3 is 2.58 bits per heavy atom. The molecule has 138 valence electrons. The van der Waals surface area contributed by atoms with Crippen LogP contribution in [0.5, 0.6) is 0 Å². The summed E-state index contributed by atoms with van der Waals surface area (Å²) in [5, 5.41) is 5.03. The van der Waals surface area contributed by atoms with E-state index in [1.807, 2.05) is 0 Å². The number of halogens is 3. The van der Waals surface area contributed by atoms with Gasteiger partial charge in [0.2, 0.25) is 5.56 Å². The third-order valence-corrected chi connectivity index (χ3v) is 4.88. The zero-order chi connectivity index (χ0) is 18.7. The zero-order valence-corrected chi connectivity index (χ0v) is 14.6. The minimum Gasteiger partial charge on any atom is -0.331 e. The summed E-state index contributed by atoms with van der Waals surface area (Å²) in [4.78, 5) is 25.9. The highest BCUT2D eigenvalue weighted by Gasteiger charge is 2.32. The molecule has 0 spiro atoms. The maximum atomic E-state index is 14.5. The number of carbonyl (C=O) groups is 1. The van der Waals surface area contributed by atoms with Gasteiger partial charge in [-0.05, 0) is 37.0 Å². The van der Waals surface area contributed by atoms with E-state index in [-0.39, 0.29) is 22.1 Å². The van der Waals surface area contributed by atoms with Gasteiger partial charge >= 0.3 is 6.03 Å². The molecule has 1 aromatic carbocycles. The van der Waals surface area contributed by atoms with Gasteiger partial charge < -0.3 is 15.6 Å². The maximum absolute atomic E-state index is 14.5. The van der Waals surface area contributed by atoms with Crippen LogP contribution in [0.25, 0.3) is 0 Å². The summed E-state index contributed by atoms with van der Waals surface area (Å²) < 4.78 is 28.8. The number of aromatic nitrogens is 1. The van der Waals surface area contributed by atoms with Crippen molar-refractivity contribution in [2.24, 2.45) is 5.92 Å². The van der Waals surface area contributed by atoms with Crippen molar-refractivity contribution in [2.75, 3.05) is 5.32 Å². The first kappa shape index (κ1) is 18.4. The van der Waals surface area contributed by atoms with Gasteiger partial charge in [0.1, 0.15) is 11.6 Å². The summed E-state index contributed by atoms with van der Waals surface area (Å²) in [5.41, 5.74) is -0.164. The van der Waals surface area contributed by atoms with Crippen molar-refractivity contribution in [3.63, 3.8) is 0 Å². The predicted molar refractivity (Wildman–Crippen MR) is 95.3 cm³/mol. The summed E-state index contributed by atoms with van der Waals surface area (Å²) in [7, 11) is 0. The van der Waals surface area contributed by atoms with E-state index in [9.17, 15) is 18.4 Å². The molecule has 1 aliphatic rings. The molecular formula is C18H18ClF2N3O2. The first-order valence-electron chi connectivity index (χ1n) is 8.35. The molecule has 3 rings (SSSR count). The third kappa shape index (κ3) is 4.04. The lowest BCUT2D eigenvalue weighted by molar-refractivity contribution is 0.241. The molecule has 1 aromatic heterocycles. The van der Waals surface area contributed by atoms with Crippen LogP contribution in [0.1, 0.15) is 37.3 Å². The van der Waals surface area contributed by atoms with Crippen molar-refractivity contribution >= 4 is 23.3 Å². The van der Waals surface area contributed by atoms with Gasteiger partial charge in [0.15, 0.2) is 0 Å². The van der Waals surface area contributed by atoms with Gasteiger partial charge in [-0.15, -0.1) is 0 Å². The molecule has 1 aliphatic carbocycles. The number of aromatic amines is 1. The maximum Gasteiger partial charge on any atom is 0.319 e. The molecule has 5 nitrogen and oxygen atoms in total. The zero-order valence-electron chi connectivity index (χ0n) is 13.8. The van der Waals surface area contributed by atoms with Crippen LogP contribution in [0.4, 0.5) is 19.3 Å². The Hall–Kier alpha value is -2.41. The first-order chi connectivity index (χ1) is 12.5. The second-order valence-electron chi connectivity index (χ2n) is 6.32. The van der Waals surface area contributed by atoms with E-state index in [0.717, 1.165) is 37.8 Å².